The molecule has 0 nitrogen and oxygen atoms in total. The zero-order valence-electron chi connectivity index (χ0n) is 21.7. The number of allylic oxidation sites excluding steroid dienone is 5. The maximum absolute atomic E-state index is 4.72. The lowest BCUT2D eigenvalue weighted by molar-refractivity contribution is 0.244. The van der Waals surface area contributed by atoms with Gasteiger partial charge in [-0.05, 0) is 107 Å². The summed E-state index contributed by atoms with van der Waals surface area (Å²) in [5.41, 5.74) is 1.64. The highest BCUT2D eigenvalue weighted by Gasteiger charge is 2.31. The molecule has 0 amide bonds. The Bertz CT molecular complexity index is 565. The fraction of sp³-hybridized carbons (Fsp3) is 0.812. The van der Waals surface area contributed by atoms with E-state index in [1.807, 2.05) is 0 Å². The van der Waals surface area contributed by atoms with Crippen LogP contribution >= 0.6 is 0 Å². The Hall–Kier alpha value is -0.780. The van der Waals surface area contributed by atoms with Gasteiger partial charge in [0.1, 0.15) is 0 Å². The molecule has 3 aliphatic rings. The van der Waals surface area contributed by atoms with Crippen molar-refractivity contribution in [3.63, 3.8) is 0 Å². The van der Waals surface area contributed by atoms with Crippen LogP contribution in [0.2, 0.25) is 0 Å². The van der Waals surface area contributed by atoms with Crippen LogP contribution in [0.15, 0.2) is 36.5 Å². The van der Waals surface area contributed by atoms with E-state index in [0.717, 1.165) is 35.5 Å². The van der Waals surface area contributed by atoms with E-state index in [1.165, 1.54) is 116 Å². The van der Waals surface area contributed by atoms with Crippen LogP contribution in [0.4, 0.5) is 0 Å². The van der Waals surface area contributed by atoms with Crippen molar-refractivity contribution in [2.45, 2.75) is 129 Å². The molecule has 3 rings (SSSR count). The Kier molecular flexibility index (Phi) is 11.7. The van der Waals surface area contributed by atoms with Crippen LogP contribution < -0.4 is 0 Å². The molecule has 0 heterocycles. The summed E-state index contributed by atoms with van der Waals surface area (Å²) in [6.07, 6.45) is 35.4. The second-order valence-electron chi connectivity index (χ2n) is 11.7. The second kappa shape index (κ2) is 14.5. The molecule has 2 unspecified atom stereocenters. The standard InChI is InChI=1S/C32H54/c1-4-6-7-13-28-18-20-29(21-19-28)14-8-9-15-31-16-10-11-17-32(31)26(3)30-24-22-27(12-5-2)23-25-30/h4,6,9,15,27-32H,3,5,7-8,10-14,16-25H2,1-2H3/b6-4+,15-9+. The Labute approximate surface area is 201 Å². The van der Waals surface area contributed by atoms with Gasteiger partial charge < -0.3 is 0 Å². The van der Waals surface area contributed by atoms with Crippen molar-refractivity contribution in [3.8, 4) is 0 Å². The predicted octanol–water partition coefficient (Wildman–Crippen LogP) is 10.5. The van der Waals surface area contributed by atoms with Gasteiger partial charge in [-0.1, -0.05) is 94.7 Å². The van der Waals surface area contributed by atoms with Crippen LogP contribution in [0.1, 0.15) is 129 Å². The van der Waals surface area contributed by atoms with Crippen molar-refractivity contribution >= 4 is 0 Å². The van der Waals surface area contributed by atoms with Crippen LogP contribution in [-0.4, -0.2) is 0 Å². The monoisotopic (exact) mass is 438 g/mol. The summed E-state index contributed by atoms with van der Waals surface area (Å²) in [4.78, 5) is 0. The third kappa shape index (κ3) is 8.22. The Morgan fingerprint density at radius 3 is 1.91 bits per heavy atom. The molecule has 0 heteroatoms. The van der Waals surface area contributed by atoms with Gasteiger partial charge in [-0.15, -0.1) is 0 Å². The van der Waals surface area contributed by atoms with Gasteiger partial charge >= 0.3 is 0 Å². The molecule has 32 heavy (non-hydrogen) atoms. The largest absolute Gasteiger partial charge is 0.0993 e. The van der Waals surface area contributed by atoms with E-state index < -0.39 is 0 Å². The van der Waals surface area contributed by atoms with Crippen molar-refractivity contribution in [2.24, 2.45) is 35.5 Å². The number of hydrogen-bond donors (Lipinski definition) is 0. The molecule has 0 aromatic rings. The minimum atomic E-state index is 0.778. The zero-order chi connectivity index (χ0) is 22.6. The Balaban J connectivity index is 1.38. The summed E-state index contributed by atoms with van der Waals surface area (Å²) >= 11 is 0. The Morgan fingerprint density at radius 2 is 1.28 bits per heavy atom. The topological polar surface area (TPSA) is 0 Å². The third-order valence-electron chi connectivity index (χ3n) is 9.43. The van der Waals surface area contributed by atoms with Gasteiger partial charge in [-0.3, -0.25) is 0 Å². The van der Waals surface area contributed by atoms with E-state index in [-0.39, 0.29) is 0 Å². The van der Waals surface area contributed by atoms with Crippen molar-refractivity contribution in [3.05, 3.63) is 36.5 Å². The van der Waals surface area contributed by atoms with Crippen LogP contribution in [0, 0.1) is 35.5 Å². The van der Waals surface area contributed by atoms with Gasteiger partial charge in [0.05, 0.1) is 0 Å². The first-order chi connectivity index (χ1) is 15.7. The van der Waals surface area contributed by atoms with E-state index in [9.17, 15) is 0 Å². The molecule has 0 bridgehead atoms. The highest BCUT2D eigenvalue weighted by Crippen LogP contribution is 2.43. The highest BCUT2D eigenvalue weighted by atomic mass is 14.4. The summed E-state index contributed by atoms with van der Waals surface area (Å²) in [5, 5.41) is 0. The van der Waals surface area contributed by atoms with E-state index in [1.54, 1.807) is 5.57 Å². The lowest BCUT2D eigenvalue weighted by atomic mass is 9.68. The van der Waals surface area contributed by atoms with E-state index in [0.29, 0.717) is 0 Å². The fourth-order valence-electron chi connectivity index (χ4n) is 7.29. The molecule has 0 aromatic carbocycles. The first kappa shape index (κ1) is 25.8. The average molecular weight is 439 g/mol. The molecule has 3 aliphatic carbocycles. The molecule has 0 radical (unpaired) electrons. The molecule has 0 saturated heterocycles. The molecule has 0 N–H and O–H groups in total. The van der Waals surface area contributed by atoms with Crippen LogP contribution in [-0.2, 0) is 0 Å². The highest BCUT2D eigenvalue weighted by molar-refractivity contribution is 5.13. The molecular formula is C32H54. The quantitative estimate of drug-likeness (QED) is 0.281. The lowest BCUT2D eigenvalue weighted by Gasteiger charge is -2.37. The van der Waals surface area contributed by atoms with Gasteiger partial charge in [0.2, 0.25) is 0 Å². The van der Waals surface area contributed by atoms with E-state index in [2.05, 4.69) is 38.2 Å². The van der Waals surface area contributed by atoms with Gasteiger partial charge in [-0.25, -0.2) is 0 Å². The zero-order valence-corrected chi connectivity index (χ0v) is 21.7. The van der Waals surface area contributed by atoms with Crippen molar-refractivity contribution in [1.82, 2.24) is 0 Å². The van der Waals surface area contributed by atoms with Gasteiger partial charge in [0, 0.05) is 0 Å². The van der Waals surface area contributed by atoms with Gasteiger partial charge in [0.25, 0.3) is 0 Å². The number of rotatable bonds is 11. The molecule has 0 aliphatic heterocycles. The molecule has 0 spiro atoms. The summed E-state index contributed by atoms with van der Waals surface area (Å²) in [5.74, 6) is 5.39. The maximum atomic E-state index is 4.72. The SMILES string of the molecule is C=C(C1CCC(CCC)CC1)C1CCCCC1/C=C/CCC1CCC(CC/C=C/C)CC1. The second-order valence-corrected chi connectivity index (χ2v) is 11.7. The normalized spacial score (nSPS) is 34.3. The minimum Gasteiger partial charge on any atom is -0.0993 e. The van der Waals surface area contributed by atoms with Crippen LogP contribution in [0.3, 0.4) is 0 Å². The maximum Gasteiger partial charge on any atom is -0.0140 e. The average Bonchev–Trinajstić information content (AvgIpc) is 2.83. The summed E-state index contributed by atoms with van der Waals surface area (Å²) in [6.45, 7) is 9.22. The first-order valence-electron chi connectivity index (χ1n) is 14.7. The third-order valence-corrected chi connectivity index (χ3v) is 9.43. The molecular weight excluding hydrogens is 384 g/mol. The van der Waals surface area contributed by atoms with Crippen molar-refractivity contribution in [1.29, 1.82) is 0 Å². The molecule has 3 saturated carbocycles. The molecule has 3 fully saturated rings. The Morgan fingerprint density at radius 1 is 0.719 bits per heavy atom. The van der Waals surface area contributed by atoms with Gasteiger partial charge in [0.15, 0.2) is 0 Å². The smallest absolute Gasteiger partial charge is 0.0140 e. The predicted molar refractivity (Wildman–Crippen MR) is 143 cm³/mol. The fourth-order valence-corrected chi connectivity index (χ4v) is 7.29. The molecule has 2 atom stereocenters. The van der Waals surface area contributed by atoms with Crippen LogP contribution in [0.5, 0.6) is 0 Å². The van der Waals surface area contributed by atoms with Crippen molar-refractivity contribution < 1.29 is 0 Å². The minimum absolute atomic E-state index is 0.778. The van der Waals surface area contributed by atoms with E-state index in [4.69, 9.17) is 6.58 Å². The molecule has 0 aromatic heterocycles. The van der Waals surface area contributed by atoms with Gasteiger partial charge in [-0.2, -0.15) is 0 Å². The number of hydrogen-bond acceptors (Lipinski definition) is 0. The first-order valence-corrected chi connectivity index (χ1v) is 14.7. The molecule has 182 valence electrons. The van der Waals surface area contributed by atoms with Crippen molar-refractivity contribution in [2.75, 3.05) is 0 Å². The lowest BCUT2D eigenvalue weighted by Crippen LogP contribution is -2.25. The van der Waals surface area contributed by atoms with E-state index >= 15 is 0 Å². The summed E-state index contributed by atoms with van der Waals surface area (Å²) in [7, 11) is 0. The van der Waals surface area contributed by atoms with Crippen LogP contribution in [0.25, 0.3) is 0 Å². The summed E-state index contributed by atoms with van der Waals surface area (Å²) in [6, 6.07) is 0. The summed E-state index contributed by atoms with van der Waals surface area (Å²) < 4.78 is 0.